The maximum absolute atomic E-state index is 12.1. The Morgan fingerprint density at radius 1 is 1.25 bits per heavy atom. The minimum Gasteiger partial charge on any atom is -0.406 e. The predicted octanol–water partition coefficient (Wildman–Crippen LogP) is 3.69. The number of nitrogens with two attached hydrogens (primary N) is 1. The van der Waals surface area contributed by atoms with Crippen LogP contribution in [0.3, 0.4) is 0 Å². The van der Waals surface area contributed by atoms with Gasteiger partial charge in [0.05, 0.1) is 6.10 Å². The molecule has 0 spiro atoms. The molecule has 0 aliphatic carbocycles. The zero-order valence-electron chi connectivity index (χ0n) is 12.0. The summed E-state index contributed by atoms with van der Waals surface area (Å²) in [4.78, 5) is 0. The smallest absolute Gasteiger partial charge is 0.406 e. The number of alkyl halides is 3. The molecule has 0 radical (unpaired) electrons. The molecule has 0 amide bonds. The van der Waals surface area contributed by atoms with Crippen molar-refractivity contribution < 1.29 is 23.0 Å². The van der Waals surface area contributed by atoms with Crippen LogP contribution in [0, 0.1) is 6.92 Å². The summed E-state index contributed by atoms with van der Waals surface area (Å²) in [5, 5.41) is 9.81. The number of hydrogen-bond donors (Lipinski definition) is 2. The molecule has 20 heavy (non-hydrogen) atoms. The van der Waals surface area contributed by atoms with Crippen LogP contribution in [0.1, 0.15) is 43.9 Å². The topological polar surface area (TPSA) is 55.5 Å². The maximum Gasteiger partial charge on any atom is 0.573 e. The molecule has 0 bridgehead atoms. The minimum atomic E-state index is -4.73. The van der Waals surface area contributed by atoms with Crippen molar-refractivity contribution in [3.63, 3.8) is 0 Å². The molecule has 6 heteroatoms. The molecular weight excluding hydrogens is 271 g/mol. The van der Waals surface area contributed by atoms with E-state index in [-0.39, 0.29) is 5.75 Å². The van der Waals surface area contributed by atoms with Crippen LogP contribution in [0.5, 0.6) is 5.75 Å². The highest BCUT2D eigenvalue weighted by molar-refractivity contribution is 5.35. The average molecular weight is 293 g/mol. The lowest BCUT2D eigenvalue weighted by Gasteiger charge is -2.14. The minimum absolute atomic E-state index is 0.315. The third-order valence-corrected chi connectivity index (χ3v) is 2.37. The van der Waals surface area contributed by atoms with Crippen LogP contribution in [-0.2, 0) is 0 Å². The maximum atomic E-state index is 12.1. The first kappa shape index (κ1) is 18.7. The number of benzene rings is 1. The molecule has 0 aliphatic heterocycles. The van der Waals surface area contributed by atoms with E-state index in [1.54, 1.807) is 13.0 Å². The van der Waals surface area contributed by atoms with Crippen LogP contribution < -0.4 is 10.5 Å². The Kier molecular flexibility index (Phi) is 8.25. The number of aliphatic hydroxyl groups is 1. The van der Waals surface area contributed by atoms with Crippen molar-refractivity contribution in [2.24, 2.45) is 5.73 Å². The number of aliphatic hydroxyl groups excluding tert-OH is 1. The molecule has 0 saturated heterocycles. The fourth-order valence-electron chi connectivity index (χ4n) is 1.64. The number of ether oxygens (including phenoxy) is 1. The number of halogens is 3. The van der Waals surface area contributed by atoms with Gasteiger partial charge in [0.15, 0.2) is 0 Å². The summed E-state index contributed by atoms with van der Waals surface area (Å²) in [7, 11) is 0. The van der Waals surface area contributed by atoms with Gasteiger partial charge in [-0.25, -0.2) is 0 Å². The average Bonchev–Trinajstić information content (AvgIpc) is 2.35. The molecule has 1 rings (SSSR count). The predicted molar refractivity (Wildman–Crippen MR) is 72.5 cm³/mol. The third-order valence-electron chi connectivity index (χ3n) is 2.37. The molecule has 1 atom stereocenters. The highest BCUT2D eigenvalue weighted by Crippen LogP contribution is 2.28. The van der Waals surface area contributed by atoms with Gasteiger partial charge >= 0.3 is 6.36 Å². The molecule has 1 aromatic carbocycles. The first-order chi connectivity index (χ1) is 9.31. The summed E-state index contributed by atoms with van der Waals surface area (Å²) in [6, 6.07) is 4.10. The van der Waals surface area contributed by atoms with Crippen molar-refractivity contribution in [2.45, 2.75) is 46.1 Å². The molecule has 0 unspecified atom stereocenters. The largest absolute Gasteiger partial charge is 0.573 e. The summed E-state index contributed by atoms with van der Waals surface area (Å²) in [6.07, 6.45) is -4.55. The lowest BCUT2D eigenvalue weighted by Crippen LogP contribution is -2.17. The molecule has 116 valence electrons. The highest BCUT2D eigenvalue weighted by atomic mass is 19.4. The van der Waals surface area contributed by atoms with E-state index in [0.717, 1.165) is 0 Å². The van der Waals surface area contributed by atoms with Crippen LogP contribution >= 0.6 is 0 Å². The Morgan fingerprint density at radius 2 is 1.85 bits per heavy atom. The number of hydrogen-bond acceptors (Lipinski definition) is 3. The zero-order valence-corrected chi connectivity index (χ0v) is 12.0. The van der Waals surface area contributed by atoms with Crippen molar-refractivity contribution in [3.05, 3.63) is 29.3 Å². The number of rotatable bonds is 5. The van der Waals surface area contributed by atoms with E-state index in [1.807, 2.05) is 13.8 Å². The van der Waals surface area contributed by atoms with Crippen LogP contribution in [0.4, 0.5) is 13.2 Å². The molecule has 0 aliphatic rings. The summed E-state index contributed by atoms with van der Waals surface area (Å²) in [6.45, 7) is 6.07. The van der Waals surface area contributed by atoms with Crippen molar-refractivity contribution in [1.82, 2.24) is 0 Å². The molecule has 1 aromatic rings. The van der Waals surface area contributed by atoms with Crippen molar-refractivity contribution in [2.75, 3.05) is 6.54 Å². The van der Waals surface area contributed by atoms with E-state index in [1.165, 1.54) is 12.1 Å². The van der Waals surface area contributed by atoms with Gasteiger partial charge in [-0.2, -0.15) is 0 Å². The van der Waals surface area contributed by atoms with E-state index < -0.39 is 12.5 Å². The lowest BCUT2D eigenvalue weighted by atomic mass is 10.0. The first-order valence-electron chi connectivity index (χ1n) is 6.57. The van der Waals surface area contributed by atoms with E-state index in [0.29, 0.717) is 30.5 Å². The van der Waals surface area contributed by atoms with Crippen LogP contribution in [-0.4, -0.2) is 18.0 Å². The second-order valence-electron chi connectivity index (χ2n) is 4.07. The standard InChI is InChI=1S/C12H16F3NO2.C2H6/c1-8-5-9(11(17)3-2-4-16)7-10(6-8)18-12(13,14)15;1-2/h5-7,11,17H,2-4,16H2,1H3;1-2H3/t11-;/m0./s1. The third kappa shape index (κ3) is 7.35. The summed E-state index contributed by atoms with van der Waals surface area (Å²) >= 11 is 0. The molecule has 0 heterocycles. The summed E-state index contributed by atoms with van der Waals surface area (Å²) in [5.41, 5.74) is 6.31. The Labute approximate surface area is 117 Å². The fourth-order valence-corrected chi connectivity index (χ4v) is 1.64. The van der Waals surface area contributed by atoms with Crippen molar-refractivity contribution in [1.29, 1.82) is 0 Å². The van der Waals surface area contributed by atoms with E-state index in [9.17, 15) is 18.3 Å². The second-order valence-corrected chi connectivity index (χ2v) is 4.07. The van der Waals surface area contributed by atoms with Gasteiger partial charge in [-0.15, -0.1) is 13.2 Å². The molecular formula is C14H22F3NO2. The van der Waals surface area contributed by atoms with E-state index in [4.69, 9.17) is 5.73 Å². The van der Waals surface area contributed by atoms with Gasteiger partial charge in [0.2, 0.25) is 0 Å². The van der Waals surface area contributed by atoms with Gasteiger partial charge in [-0.3, -0.25) is 0 Å². The van der Waals surface area contributed by atoms with Gasteiger partial charge in [0.1, 0.15) is 5.75 Å². The van der Waals surface area contributed by atoms with Gasteiger partial charge in [-0.1, -0.05) is 19.9 Å². The van der Waals surface area contributed by atoms with Gasteiger partial charge < -0.3 is 15.6 Å². The monoisotopic (exact) mass is 293 g/mol. The zero-order chi connectivity index (χ0) is 15.8. The summed E-state index contributed by atoms with van der Waals surface area (Å²) in [5.74, 6) is -0.315. The van der Waals surface area contributed by atoms with Gasteiger partial charge in [0.25, 0.3) is 0 Å². The molecule has 0 saturated carbocycles. The molecule has 0 fully saturated rings. The van der Waals surface area contributed by atoms with Crippen LogP contribution in [0.15, 0.2) is 18.2 Å². The Morgan fingerprint density at radius 3 is 2.35 bits per heavy atom. The van der Waals surface area contributed by atoms with E-state index in [2.05, 4.69) is 4.74 Å². The Hall–Kier alpha value is -1.27. The van der Waals surface area contributed by atoms with E-state index >= 15 is 0 Å². The van der Waals surface area contributed by atoms with Crippen LogP contribution in [0.25, 0.3) is 0 Å². The molecule has 3 N–H and O–H groups in total. The quantitative estimate of drug-likeness (QED) is 0.870. The van der Waals surface area contributed by atoms with Gasteiger partial charge in [0, 0.05) is 0 Å². The van der Waals surface area contributed by atoms with Crippen molar-refractivity contribution >= 4 is 0 Å². The second kappa shape index (κ2) is 8.81. The van der Waals surface area contributed by atoms with Crippen molar-refractivity contribution in [3.8, 4) is 5.75 Å². The molecule has 0 aromatic heterocycles. The summed E-state index contributed by atoms with van der Waals surface area (Å²) < 4.78 is 40.2. The Bertz CT molecular complexity index is 394. The number of aryl methyl sites for hydroxylation is 1. The SMILES string of the molecule is CC.Cc1cc(OC(F)(F)F)cc([C@@H](O)CCCN)c1. The molecule has 3 nitrogen and oxygen atoms in total. The lowest BCUT2D eigenvalue weighted by molar-refractivity contribution is -0.274. The Balaban J connectivity index is 0.00000172. The fraction of sp³-hybridized carbons (Fsp3) is 0.571. The first-order valence-corrected chi connectivity index (χ1v) is 6.57. The normalized spacial score (nSPS) is 12.4. The van der Waals surface area contributed by atoms with Gasteiger partial charge in [-0.05, 0) is 49.6 Å². The highest BCUT2D eigenvalue weighted by Gasteiger charge is 2.31. The van der Waals surface area contributed by atoms with Crippen LogP contribution in [0.2, 0.25) is 0 Å².